The highest BCUT2D eigenvalue weighted by molar-refractivity contribution is 7.15. The summed E-state index contributed by atoms with van der Waals surface area (Å²) < 4.78 is 11.3. The quantitative estimate of drug-likeness (QED) is 0.0789. The summed E-state index contributed by atoms with van der Waals surface area (Å²) in [5.74, 6) is -0.201. The van der Waals surface area contributed by atoms with E-state index >= 15 is 0 Å². The second-order valence-electron chi connectivity index (χ2n) is 10.9. The maximum atomic E-state index is 12.3. The molecular weight excluding hydrogens is 476 g/mol. The Morgan fingerprint density at radius 3 is 1.35 bits per heavy atom. The van der Waals surface area contributed by atoms with Gasteiger partial charge in [-0.1, -0.05) is 166 Å². The number of rotatable bonds is 28. The normalized spacial score (nSPS) is 11.2. The highest BCUT2D eigenvalue weighted by Gasteiger charge is 2.11. The third-order valence-electron chi connectivity index (χ3n) is 7.26. The van der Waals surface area contributed by atoms with Crippen LogP contribution in [0.1, 0.15) is 178 Å². The van der Waals surface area contributed by atoms with Gasteiger partial charge in [-0.15, -0.1) is 0 Å². The lowest BCUT2D eigenvalue weighted by Gasteiger charge is -2.05. The Balaban J connectivity index is 1.89. The lowest BCUT2D eigenvalue weighted by Crippen LogP contribution is -2.04. The van der Waals surface area contributed by atoms with Gasteiger partial charge in [0.2, 0.25) is 0 Å². The van der Waals surface area contributed by atoms with Crippen LogP contribution in [0.4, 0.5) is 0 Å². The minimum Gasteiger partial charge on any atom is -0.484 e. The van der Waals surface area contributed by atoms with Crippen molar-refractivity contribution in [2.75, 3.05) is 13.2 Å². The third kappa shape index (κ3) is 21.6. The number of carbonyl (C=O) groups excluding carboxylic acids is 1. The number of thiophene rings is 1. The van der Waals surface area contributed by atoms with Crippen LogP contribution in [0.15, 0.2) is 12.1 Å². The number of unbranched alkanes of at least 4 members (excludes halogenated alkanes) is 22. The lowest BCUT2D eigenvalue weighted by atomic mass is 10.1. The number of carbonyl (C=O) groups is 1. The molecule has 0 N–H and O–H groups in total. The van der Waals surface area contributed by atoms with Gasteiger partial charge in [-0.3, -0.25) is 0 Å². The van der Waals surface area contributed by atoms with E-state index in [4.69, 9.17) is 9.47 Å². The Morgan fingerprint density at radius 2 is 0.919 bits per heavy atom. The molecule has 4 heteroatoms. The van der Waals surface area contributed by atoms with Crippen molar-refractivity contribution in [3.63, 3.8) is 0 Å². The van der Waals surface area contributed by atoms with E-state index in [0.717, 1.165) is 30.9 Å². The molecule has 0 amide bonds. The molecule has 0 saturated heterocycles. The molecule has 0 spiro atoms. The molecule has 0 radical (unpaired) electrons. The molecule has 1 rings (SSSR count). The van der Waals surface area contributed by atoms with E-state index in [1.807, 2.05) is 12.1 Å². The van der Waals surface area contributed by atoms with Crippen LogP contribution in [0.2, 0.25) is 0 Å². The fourth-order valence-corrected chi connectivity index (χ4v) is 5.58. The Kier molecular flexibility index (Phi) is 24.4. The van der Waals surface area contributed by atoms with Crippen LogP contribution in [0.5, 0.6) is 5.06 Å². The summed E-state index contributed by atoms with van der Waals surface area (Å²) in [5, 5.41) is 0.834. The SMILES string of the molecule is CCCCCCCCCCCCCCOC(=O)c1ccc(OCCCCCCCCCCCCCC)s1. The van der Waals surface area contributed by atoms with E-state index in [1.54, 1.807) is 0 Å². The fourth-order valence-electron chi connectivity index (χ4n) is 4.80. The average molecular weight is 537 g/mol. The van der Waals surface area contributed by atoms with Crippen LogP contribution >= 0.6 is 11.3 Å². The highest BCUT2D eigenvalue weighted by atomic mass is 32.1. The van der Waals surface area contributed by atoms with Crippen LogP contribution in [-0.4, -0.2) is 19.2 Å². The van der Waals surface area contributed by atoms with Gasteiger partial charge in [0, 0.05) is 0 Å². The van der Waals surface area contributed by atoms with Gasteiger partial charge in [0.15, 0.2) is 5.06 Å². The van der Waals surface area contributed by atoms with Crippen molar-refractivity contribution in [1.29, 1.82) is 0 Å². The standard InChI is InChI=1S/C33H60O3S/c1-3-5-7-9-11-13-15-17-19-21-23-25-29-35-32-28-27-31(37-32)33(34)36-30-26-24-22-20-18-16-14-12-10-8-6-4-2/h27-28H,3-26,29-30H2,1-2H3. The molecule has 3 nitrogen and oxygen atoms in total. The Labute approximate surface area is 234 Å². The second-order valence-corrected chi connectivity index (χ2v) is 11.9. The van der Waals surface area contributed by atoms with Gasteiger partial charge in [0.05, 0.1) is 13.2 Å². The molecule has 0 atom stereocenters. The van der Waals surface area contributed by atoms with Gasteiger partial charge < -0.3 is 9.47 Å². The van der Waals surface area contributed by atoms with E-state index < -0.39 is 0 Å². The smallest absolute Gasteiger partial charge is 0.348 e. The average Bonchev–Trinajstić information content (AvgIpc) is 3.38. The lowest BCUT2D eigenvalue weighted by molar-refractivity contribution is 0.0503. The molecule has 0 fully saturated rings. The summed E-state index contributed by atoms with van der Waals surface area (Å²) in [7, 11) is 0. The first-order chi connectivity index (χ1) is 18.3. The van der Waals surface area contributed by atoms with Gasteiger partial charge in [-0.2, -0.15) is 0 Å². The Hall–Kier alpha value is -1.03. The molecule has 37 heavy (non-hydrogen) atoms. The van der Waals surface area contributed by atoms with Gasteiger partial charge in [-0.05, 0) is 25.0 Å². The maximum absolute atomic E-state index is 12.3. The molecule has 0 saturated carbocycles. The highest BCUT2D eigenvalue weighted by Crippen LogP contribution is 2.25. The number of hydrogen-bond donors (Lipinski definition) is 0. The molecular formula is C33H60O3S. The Morgan fingerprint density at radius 1 is 0.541 bits per heavy atom. The van der Waals surface area contributed by atoms with Gasteiger partial charge in [0.25, 0.3) is 0 Å². The summed E-state index contributed by atoms with van der Waals surface area (Å²) in [6.07, 6.45) is 31.9. The molecule has 1 aromatic rings. The zero-order valence-corrected chi connectivity index (χ0v) is 25.5. The fraction of sp³-hybridized carbons (Fsp3) is 0.848. The molecule has 0 aromatic carbocycles. The largest absolute Gasteiger partial charge is 0.484 e. The van der Waals surface area contributed by atoms with E-state index in [-0.39, 0.29) is 5.97 Å². The predicted octanol–water partition coefficient (Wildman–Crippen LogP) is 11.7. The van der Waals surface area contributed by atoms with Crippen molar-refractivity contribution in [1.82, 2.24) is 0 Å². The van der Waals surface area contributed by atoms with Crippen LogP contribution in [0, 0.1) is 0 Å². The van der Waals surface area contributed by atoms with Crippen molar-refractivity contribution in [2.45, 2.75) is 168 Å². The van der Waals surface area contributed by atoms with Crippen LogP contribution < -0.4 is 4.74 Å². The van der Waals surface area contributed by atoms with Crippen molar-refractivity contribution in [2.24, 2.45) is 0 Å². The van der Waals surface area contributed by atoms with Gasteiger partial charge >= 0.3 is 5.97 Å². The first-order valence-corrected chi connectivity index (χ1v) is 17.0. The maximum Gasteiger partial charge on any atom is 0.348 e. The number of ether oxygens (including phenoxy) is 2. The molecule has 0 aliphatic carbocycles. The zero-order valence-electron chi connectivity index (χ0n) is 24.7. The molecule has 1 aromatic heterocycles. The molecule has 216 valence electrons. The first-order valence-electron chi connectivity index (χ1n) is 16.2. The van der Waals surface area contributed by atoms with Crippen LogP contribution in [0.3, 0.4) is 0 Å². The van der Waals surface area contributed by atoms with E-state index in [9.17, 15) is 4.79 Å². The first kappa shape index (κ1) is 34.0. The number of esters is 1. The third-order valence-corrected chi connectivity index (χ3v) is 8.23. The summed E-state index contributed by atoms with van der Waals surface area (Å²) >= 11 is 1.41. The minimum atomic E-state index is -0.201. The van der Waals surface area contributed by atoms with E-state index in [2.05, 4.69) is 13.8 Å². The molecule has 0 aliphatic rings. The topological polar surface area (TPSA) is 35.5 Å². The van der Waals surface area contributed by atoms with Crippen LogP contribution in [0.25, 0.3) is 0 Å². The van der Waals surface area contributed by atoms with Crippen molar-refractivity contribution in [3.8, 4) is 5.06 Å². The summed E-state index contributed by atoms with van der Waals surface area (Å²) in [6, 6.07) is 3.75. The molecule has 1 heterocycles. The second kappa shape index (κ2) is 26.6. The molecule has 0 aliphatic heterocycles. The monoisotopic (exact) mass is 536 g/mol. The summed E-state index contributed by atoms with van der Waals surface area (Å²) in [6.45, 7) is 5.82. The number of hydrogen-bond acceptors (Lipinski definition) is 4. The zero-order chi connectivity index (χ0) is 26.7. The summed E-state index contributed by atoms with van der Waals surface area (Å²) in [4.78, 5) is 12.9. The minimum absolute atomic E-state index is 0.201. The molecule has 0 unspecified atom stereocenters. The van der Waals surface area contributed by atoms with Gasteiger partial charge in [0.1, 0.15) is 4.88 Å². The Bertz CT molecular complexity index is 612. The van der Waals surface area contributed by atoms with E-state index in [1.165, 1.54) is 146 Å². The summed E-state index contributed by atoms with van der Waals surface area (Å²) in [5.41, 5.74) is 0. The van der Waals surface area contributed by atoms with Crippen molar-refractivity contribution in [3.05, 3.63) is 17.0 Å². The van der Waals surface area contributed by atoms with Crippen molar-refractivity contribution >= 4 is 17.3 Å². The van der Waals surface area contributed by atoms with Crippen LogP contribution in [-0.2, 0) is 4.74 Å². The van der Waals surface area contributed by atoms with Crippen molar-refractivity contribution < 1.29 is 14.3 Å². The van der Waals surface area contributed by atoms with Gasteiger partial charge in [-0.25, -0.2) is 4.79 Å². The van der Waals surface area contributed by atoms with E-state index in [0.29, 0.717) is 11.5 Å². The molecule has 0 bridgehead atoms. The predicted molar refractivity (Wildman–Crippen MR) is 162 cm³/mol.